The van der Waals surface area contributed by atoms with Gasteiger partial charge >= 0.3 is 0 Å². The van der Waals surface area contributed by atoms with Crippen LogP contribution in [0.5, 0.6) is 0 Å². The first-order valence-electron chi connectivity index (χ1n) is 8.33. The fourth-order valence-corrected chi connectivity index (χ4v) is 3.06. The van der Waals surface area contributed by atoms with Crippen LogP contribution in [0.2, 0.25) is 0 Å². The van der Waals surface area contributed by atoms with Crippen LogP contribution in [0.4, 0.5) is 0 Å². The van der Waals surface area contributed by atoms with Crippen molar-refractivity contribution in [1.82, 2.24) is 10.2 Å². The SMILES string of the molecule is CCCCCCCN1CC(c2ccccc2)NCC1C. The Bertz CT molecular complexity index is 363. The standard InChI is InChI=1S/C18H30N2/c1-3-4-5-6-10-13-20-15-18(19-14-16(20)2)17-11-8-7-9-12-17/h7-9,11-12,16,18-19H,3-6,10,13-15H2,1-2H3. The van der Waals surface area contributed by atoms with Crippen molar-refractivity contribution >= 4 is 0 Å². The molecule has 1 aliphatic heterocycles. The Labute approximate surface area is 124 Å². The van der Waals surface area contributed by atoms with Gasteiger partial charge in [0.05, 0.1) is 0 Å². The summed E-state index contributed by atoms with van der Waals surface area (Å²) in [5, 5.41) is 3.68. The van der Waals surface area contributed by atoms with Crippen LogP contribution in [-0.4, -0.2) is 30.6 Å². The molecule has 1 fully saturated rings. The first kappa shape index (κ1) is 15.5. The monoisotopic (exact) mass is 274 g/mol. The van der Waals surface area contributed by atoms with Crippen LogP contribution in [0.1, 0.15) is 57.6 Å². The Morgan fingerprint density at radius 1 is 1.10 bits per heavy atom. The van der Waals surface area contributed by atoms with Gasteiger partial charge in [-0.05, 0) is 25.5 Å². The van der Waals surface area contributed by atoms with Crippen LogP contribution in [0, 0.1) is 0 Å². The Kier molecular flexibility index (Phi) is 6.55. The van der Waals surface area contributed by atoms with Gasteiger partial charge in [0.15, 0.2) is 0 Å². The average molecular weight is 274 g/mol. The quantitative estimate of drug-likeness (QED) is 0.756. The zero-order valence-electron chi connectivity index (χ0n) is 13.1. The lowest BCUT2D eigenvalue weighted by Crippen LogP contribution is -2.51. The van der Waals surface area contributed by atoms with E-state index in [9.17, 15) is 0 Å². The zero-order valence-corrected chi connectivity index (χ0v) is 13.1. The van der Waals surface area contributed by atoms with Crippen LogP contribution in [0.3, 0.4) is 0 Å². The lowest BCUT2D eigenvalue weighted by Gasteiger charge is -2.39. The van der Waals surface area contributed by atoms with Crippen molar-refractivity contribution < 1.29 is 0 Å². The largest absolute Gasteiger partial charge is 0.307 e. The summed E-state index contributed by atoms with van der Waals surface area (Å²) >= 11 is 0. The van der Waals surface area contributed by atoms with Gasteiger partial charge in [-0.3, -0.25) is 4.90 Å². The number of unbranched alkanes of at least 4 members (excludes halogenated alkanes) is 4. The molecule has 2 atom stereocenters. The number of nitrogens with one attached hydrogen (secondary N) is 1. The van der Waals surface area contributed by atoms with E-state index in [1.54, 1.807) is 0 Å². The molecule has 2 rings (SSSR count). The first-order valence-corrected chi connectivity index (χ1v) is 8.33. The second kappa shape index (κ2) is 8.43. The summed E-state index contributed by atoms with van der Waals surface area (Å²) in [6.07, 6.45) is 6.87. The fourth-order valence-electron chi connectivity index (χ4n) is 3.06. The van der Waals surface area contributed by atoms with Gasteiger partial charge in [-0.25, -0.2) is 0 Å². The Hall–Kier alpha value is -0.860. The van der Waals surface area contributed by atoms with Gasteiger partial charge in [0.25, 0.3) is 0 Å². The van der Waals surface area contributed by atoms with Gasteiger partial charge in [0.2, 0.25) is 0 Å². The van der Waals surface area contributed by atoms with Gasteiger partial charge in [-0.15, -0.1) is 0 Å². The predicted octanol–water partition coefficient (Wildman–Crippen LogP) is 3.99. The van der Waals surface area contributed by atoms with Crippen LogP contribution < -0.4 is 5.32 Å². The predicted molar refractivity (Wildman–Crippen MR) is 87.0 cm³/mol. The molecule has 1 aromatic rings. The Balaban J connectivity index is 1.79. The number of piperazine rings is 1. The van der Waals surface area contributed by atoms with E-state index in [0.717, 1.165) is 13.1 Å². The molecule has 2 heteroatoms. The summed E-state index contributed by atoms with van der Waals surface area (Å²) in [6, 6.07) is 12.0. The highest BCUT2D eigenvalue weighted by Gasteiger charge is 2.25. The minimum absolute atomic E-state index is 0.503. The second-order valence-corrected chi connectivity index (χ2v) is 6.13. The van der Waals surface area contributed by atoms with Crippen molar-refractivity contribution in [1.29, 1.82) is 0 Å². The van der Waals surface area contributed by atoms with Crippen LogP contribution in [0.25, 0.3) is 0 Å². The number of nitrogens with zero attached hydrogens (tertiary/aromatic N) is 1. The molecular formula is C18H30N2. The van der Waals surface area contributed by atoms with Crippen molar-refractivity contribution in [3.05, 3.63) is 35.9 Å². The molecule has 0 aliphatic carbocycles. The lowest BCUT2D eigenvalue weighted by molar-refractivity contribution is 0.138. The number of hydrogen-bond acceptors (Lipinski definition) is 2. The van der Waals surface area contributed by atoms with E-state index in [4.69, 9.17) is 0 Å². The molecule has 1 aromatic carbocycles. The fraction of sp³-hybridized carbons (Fsp3) is 0.667. The third-order valence-electron chi connectivity index (χ3n) is 4.45. The van der Waals surface area contributed by atoms with E-state index in [0.29, 0.717) is 12.1 Å². The maximum Gasteiger partial charge on any atom is 0.0449 e. The molecule has 1 aliphatic rings. The molecule has 0 radical (unpaired) electrons. The molecule has 1 N–H and O–H groups in total. The second-order valence-electron chi connectivity index (χ2n) is 6.13. The highest BCUT2D eigenvalue weighted by molar-refractivity contribution is 5.20. The van der Waals surface area contributed by atoms with Gasteiger partial charge in [0, 0.05) is 25.2 Å². The van der Waals surface area contributed by atoms with Crippen LogP contribution in [0.15, 0.2) is 30.3 Å². The molecule has 0 amide bonds. The molecule has 0 aromatic heterocycles. The van der Waals surface area contributed by atoms with Gasteiger partial charge in [0.1, 0.15) is 0 Å². The van der Waals surface area contributed by atoms with E-state index >= 15 is 0 Å². The Morgan fingerprint density at radius 3 is 2.60 bits per heavy atom. The van der Waals surface area contributed by atoms with Crippen molar-refractivity contribution in [2.75, 3.05) is 19.6 Å². The molecule has 2 unspecified atom stereocenters. The zero-order chi connectivity index (χ0) is 14.2. The summed E-state index contributed by atoms with van der Waals surface area (Å²) < 4.78 is 0. The number of hydrogen-bond donors (Lipinski definition) is 1. The third kappa shape index (κ3) is 4.60. The molecular weight excluding hydrogens is 244 g/mol. The molecule has 1 heterocycles. The molecule has 0 spiro atoms. The maximum atomic E-state index is 3.68. The highest BCUT2D eigenvalue weighted by Crippen LogP contribution is 2.20. The minimum Gasteiger partial charge on any atom is -0.307 e. The minimum atomic E-state index is 0.503. The molecule has 112 valence electrons. The van der Waals surface area contributed by atoms with E-state index < -0.39 is 0 Å². The van der Waals surface area contributed by atoms with Crippen molar-refractivity contribution in [2.24, 2.45) is 0 Å². The van der Waals surface area contributed by atoms with E-state index in [1.165, 1.54) is 44.2 Å². The molecule has 0 bridgehead atoms. The third-order valence-corrected chi connectivity index (χ3v) is 4.45. The average Bonchev–Trinajstić information content (AvgIpc) is 2.49. The summed E-state index contributed by atoms with van der Waals surface area (Å²) in [4.78, 5) is 2.67. The smallest absolute Gasteiger partial charge is 0.0449 e. The topological polar surface area (TPSA) is 15.3 Å². The molecule has 20 heavy (non-hydrogen) atoms. The van der Waals surface area contributed by atoms with Crippen molar-refractivity contribution in [3.8, 4) is 0 Å². The normalized spacial score (nSPS) is 23.9. The first-order chi connectivity index (χ1) is 9.81. The highest BCUT2D eigenvalue weighted by atomic mass is 15.2. The van der Waals surface area contributed by atoms with Crippen molar-refractivity contribution in [3.63, 3.8) is 0 Å². The van der Waals surface area contributed by atoms with Gasteiger partial charge in [-0.1, -0.05) is 62.9 Å². The van der Waals surface area contributed by atoms with E-state index in [-0.39, 0.29) is 0 Å². The Morgan fingerprint density at radius 2 is 1.85 bits per heavy atom. The van der Waals surface area contributed by atoms with Gasteiger partial charge < -0.3 is 5.32 Å². The summed E-state index contributed by atoms with van der Waals surface area (Å²) in [6.45, 7) is 8.15. The summed E-state index contributed by atoms with van der Waals surface area (Å²) in [5.74, 6) is 0. The van der Waals surface area contributed by atoms with E-state index in [2.05, 4.69) is 54.4 Å². The number of benzene rings is 1. The van der Waals surface area contributed by atoms with E-state index in [1.807, 2.05) is 0 Å². The number of rotatable bonds is 7. The summed E-state index contributed by atoms with van der Waals surface area (Å²) in [5.41, 5.74) is 1.43. The molecule has 1 saturated heterocycles. The van der Waals surface area contributed by atoms with Crippen molar-refractivity contribution in [2.45, 2.75) is 58.0 Å². The molecule has 0 saturated carbocycles. The van der Waals surface area contributed by atoms with Crippen LogP contribution in [-0.2, 0) is 0 Å². The summed E-state index contributed by atoms with van der Waals surface area (Å²) in [7, 11) is 0. The maximum absolute atomic E-state index is 3.68. The van der Waals surface area contributed by atoms with Crippen LogP contribution >= 0.6 is 0 Å². The van der Waals surface area contributed by atoms with Gasteiger partial charge in [-0.2, -0.15) is 0 Å². The lowest BCUT2D eigenvalue weighted by atomic mass is 10.0. The molecule has 2 nitrogen and oxygen atoms in total.